The van der Waals surface area contributed by atoms with E-state index in [-0.39, 0.29) is 0 Å². The van der Waals surface area contributed by atoms with Crippen LogP contribution in [0.15, 0.2) is 29.0 Å². The Labute approximate surface area is 145 Å². The van der Waals surface area contributed by atoms with E-state index < -0.39 is 0 Å². The van der Waals surface area contributed by atoms with E-state index in [0.717, 1.165) is 42.8 Å². The van der Waals surface area contributed by atoms with Gasteiger partial charge in [-0.1, -0.05) is 5.16 Å². The number of aromatic nitrogens is 4. The van der Waals surface area contributed by atoms with Crippen molar-refractivity contribution in [1.82, 2.24) is 25.0 Å². The third-order valence-electron chi connectivity index (χ3n) is 4.44. The smallest absolute Gasteiger partial charge is 0.240 e. The summed E-state index contributed by atoms with van der Waals surface area (Å²) >= 11 is 0. The Morgan fingerprint density at radius 2 is 2.00 bits per heavy atom. The number of benzene rings is 1. The van der Waals surface area contributed by atoms with Crippen LogP contribution in [0.4, 0.5) is 5.69 Å². The highest BCUT2D eigenvalue weighted by molar-refractivity contribution is 5.86. The zero-order chi connectivity index (χ0) is 17.2. The Morgan fingerprint density at radius 1 is 1.16 bits per heavy atom. The Bertz CT molecular complexity index is 872. The van der Waals surface area contributed by atoms with Gasteiger partial charge in [0.2, 0.25) is 11.8 Å². The average molecular weight is 340 g/mol. The first-order valence-corrected chi connectivity index (χ1v) is 8.28. The molecule has 1 fully saturated rings. The number of hydrogen-bond donors (Lipinski definition) is 0. The number of piperazine rings is 1. The fourth-order valence-electron chi connectivity index (χ4n) is 3.14. The SMILES string of the molecule is COc1ncnc2ccc(N3CCN(Cc4nc(C)no4)CC3)cc12. The minimum absolute atomic E-state index is 0.609. The molecular formula is C17H20N6O2. The van der Waals surface area contributed by atoms with Crippen molar-refractivity contribution in [3.05, 3.63) is 36.2 Å². The molecule has 2 aromatic heterocycles. The van der Waals surface area contributed by atoms with Crippen molar-refractivity contribution in [3.8, 4) is 5.88 Å². The second kappa shape index (κ2) is 6.64. The Hall–Kier alpha value is -2.74. The van der Waals surface area contributed by atoms with Crippen molar-refractivity contribution < 1.29 is 9.26 Å². The number of methoxy groups -OCH3 is 1. The molecule has 0 unspecified atom stereocenters. The highest BCUT2D eigenvalue weighted by Crippen LogP contribution is 2.27. The summed E-state index contributed by atoms with van der Waals surface area (Å²) in [6, 6.07) is 6.22. The van der Waals surface area contributed by atoms with E-state index in [1.807, 2.05) is 13.0 Å². The molecule has 3 heterocycles. The molecule has 3 aromatic rings. The molecule has 8 heteroatoms. The first-order valence-electron chi connectivity index (χ1n) is 8.28. The van der Waals surface area contributed by atoms with Gasteiger partial charge >= 0.3 is 0 Å². The fraction of sp³-hybridized carbons (Fsp3) is 0.412. The highest BCUT2D eigenvalue weighted by Gasteiger charge is 2.20. The summed E-state index contributed by atoms with van der Waals surface area (Å²) in [6.07, 6.45) is 1.53. The van der Waals surface area contributed by atoms with Crippen molar-refractivity contribution in [2.75, 3.05) is 38.2 Å². The van der Waals surface area contributed by atoms with Crippen LogP contribution in [0.2, 0.25) is 0 Å². The molecule has 0 spiro atoms. The van der Waals surface area contributed by atoms with E-state index in [4.69, 9.17) is 9.26 Å². The molecule has 1 aromatic carbocycles. The second-order valence-corrected chi connectivity index (χ2v) is 6.08. The second-order valence-electron chi connectivity index (χ2n) is 6.08. The van der Waals surface area contributed by atoms with Gasteiger partial charge < -0.3 is 14.2 Å². The maximum Gasteiger partial charge on any atom is 0.240 e. The van der Waals surface area contributed by atoms with Gasteiger partial charge in [0.15, 0.2) is 5.82 Å². The van der Waals surface area contributed by atoms with Crippen LogP contribution in [0.1, 0.15) is 11.7 Å². The maximum absolute atomic E-state index is 5.35. The molecular weight excluding hydrogens is 320 g/mol. The molecule has 0 N–H and O–H groups in total. The summed E-state index contributed by atoms with van der Waals surface area (Å²) in [4.78, 5) is 17.4. The first kappa shape index (κ1) is 15.8. The third kappa shape index (κ3) is 3.25. The number of ether oxygens (including phenoxy) is 1. The number of anilines is 1. The molecule has 0 saturated carbocycles. The molecule has 0 aliphatic carbocycles. The molecule has 0 atom stereocenters. The van der Waals surface area contributed by atoms with Gasteiger partial charge in [-0.3, -0.25) is 4.90 Å². The summed E-state index contributed by atoms with van der Waals surface area (Å²) in [5.41, 5.74) is 2.05. The van der Waals surface area contributed by atoms with Crippen LogP contribution in [0, 0.1) is 6.92 Å². The summed E-state index contributed by atoms with van der Waals surface area (Å²) in [7, 11) is 1.63. The molecule has 0 bridgehead atoms. The quantitative estimate of drug-likeness (QED) is 0.709. The number of aryl methyl sites for hydroxylation is 1. The molecule has 0 amide bonds. The summed E-state index contributed by atoms with van der Waals surface area (Å²) < 4.78 is 10.6. The standard InChI is InChI=1S/C17H20N6O2/c1-12-20-16(25-21-12)10-22-5-7-23(8-6-22)13-3-4-15-14(9-13)17(24-2)19-11-18-15/h3-4,9,11H,5-8,10H2,1-2H3. The van der Waals surface area contributed by atoms with E-state index in [9.17, 15) is 0 Å². The van der Waals surface area contributed by atoms with Crippen molar-refractivity contribution in [2.24, 2.45) is 0 Å². The summed E-state index contributed by atoms with van der Waals surface area (Å²) in [5.74, 6) is 1.97. The topological polar surface area (TPSA) is 80.4 Å². The molecule has 1 aliphatic rings. The van der Waals surface area contributed by atoms with Crippen molar-refractivity contribution in [2.45, 2.75) is 13.5 Å². The lowest BCUT2D eigenvalue weighted by Gasteiger charge is -2.35. The number of hydrogen-bond acceptors (Lipinski definition) is 8. The lowest BCUT2D eigenvalue weighted by atomic mass is 10.2. The minimum atomic E-state index is 0.609. The normalized spacial score (nSPS) is 15.7. The van der Waals surface area contributed by atoms with Crippen LogP contribution in [-0.4, -0.2) is 58.3 Å². The number of nitrogens with zero attached hydrogens (tertiary/aromatic N) is 6. The Kier molecular flexibility index (Phi) is 4.19. The fourth-order valence-corrected chi connectivity index (χ4v) is 3.14. The highest BCUT2D eigenvalue weighted by atomic mass is 16.5. The van der Waals surface area contributed by atoms with Gasteiger partial charge in [0.05, 0.1) is 24.6 Å². The van der Waals surface area contributed by atoms with Crippen LogP contribution in [0.3, 0.4) is 0 Å². The van der Waals surface area contributed by atoms with Gasteiger partial charge in [-0.25, -0.2) is 9.97 Å². The van der Waals surface area contributed by atoms with Gasteiger partial charge in [0, 0.05) is 31.9 Å². The van der Waals surface area contributed by atoms with E-state index in [0.29, 0.717) is 24.1 Å². The number of rotatable bonds is 4. The van der Waals surface area contributed by atoms with E-state index in [2.05, 4.69) is 42.0 Å². The van der Waals surface area contributed by atoms with Crippen LogP contribution in [0.5, 0.6) is 5.88 Å². The zero-order valence-corrected chi connectivity index (χ0v) is 14.3. The van der Waals surface area contributed by atoms with Crippen LogP contribution in [0.25, 0.3) is 10.9 Å². The van der Waals surface area contributed by atoms with Gasteiger partial charge in [-0.2, -0.15) is 4.98 Å². The van der Waals surface area contributed by atoms with E-state index in [1.165, 1.54) is 6.33 Å². The third-order valence-corrected chi connectivity index (χ3v) is 4.44. The average Bonchev–Trinajstić information content (AvgIpc) is 3.06. The van der Waals surface area contributed by atoms with Gasteiger partial charge in [0.1, 0.15) is 6.33 Å². The predicted octanol–water partition coefficient (Wildman–Crippen LogP) is 1.65. The van der Waals surface area contributed by atoms with Crippen molar-refractivity contribution in [1.29, 1.82) is 0 Å². The largest absolute Gasteiger partial charge is 0.480 e. The molecule has 1 aliphatic heterocycles. The summed E-state index contributed by atoms with van der Waals surface area (Å²) in [5, 5.41) is 4.78. The Balaban J connectivity index is 1.46. The van der Waals surface area contributed by atoms with Crippen LogP contribution < -0.4 is 9.64 Å². The molecule has 1 saturated heterocycles. The molecule has 0 radical (unpaired) electrons. The zero-order valence-electron chi connectivity index (χ0n) is 14.3. The van der Waals surface area contributed by atoms with Gasteiger partial charge in [0.25, 0.3) is 0 Å². The van der Waals surface area contributed by atoms with Crippen LogP contribution >= 0.6 is 0 Å². The van der Waals surface area contributed by atoms with Gasteiger partial charge in [-0.05, 0) is 25.1 Å². The molecule has 130 valence electrons. The van der Waals surface area contributed by atoms with Crippen LogP contribution in [-0.2, 0) is 6.54 Å². The Morgan fingerprint density at radius 3 is 2.72 bits per heavy atom. The molecule has 4 rings (SSSR count). The first-order chi connectivity index (χ1) is 12.2. The van der Waals surface area contributed by atoms with E-state index in [1.54, 1.807) is 7.11 Å². The lowest BCUT2D eigenvalue weighted by Crippen LogP contribution is -2.46. The maximum atomic E-state index is 5.35. The van der Waals surface area contributed by atoms with Crippen molar-refractivity contribution >= 4 is 16.6 Å². The molecule has 8 nitrogen and oxygen atoms in total. The number of fused-ring (bicyclic) bond motifs is 1. The van der Waals surface area contributed by atoms with E-state index >= 15 is 0 Å². The lowest BCUT2D eigenvalue weighted by molar-refractivity contribution is 0.215. The van der Waals surface area contributed by atoms with Crippen molar-refractivity contribution in [3.63, 3.8) is 0 Å². The van der Waals surface area contributed by atoms with Gasteiger partial charge in [-0.15, -0.1) is 0 Å². The predicted molar refractivity (Wildman–Crippen MR) is 92.6 cm³/mol. The minimum Gasteiger partial charge on any atom is -0.480 e. The summed E-state index contributed by atoms with van der Waals surface area (Å²) in [6.45, 7) is 6.31. The monoisotopic (exact) mass is 340 g/mol. The molecule has 25 heavy (non-hydrogen) atoms.